The maximum Gasteiger partial charge on any atom is 0.121 e. The van der Waals surface area contributed by atoms with Crippen LogP contribution in [0.15, 0.2) is 24.3 Å². The Labute approximate surface area is 324 Å². The number of aryl methyl sites for hydroxylation is 4. The zero-order valence-electron chi connectivity index (χ0n) is 35.2. The minimum absolute atomic E-state index is 0.466. The minimum atomic E-state index is 0.466. The second-order valence-corrected chi connectivity index (χ2v) is 16.7. The largest absolute Gasteiger partial charge is 0.507 e. The smallest absolute Gasteiger partial charge is 0.121 e. The first kappa shape index (κ1) is 46.2. The summed E-state index contributed by atoms with van der Waals surface area (Å²) in [6, 6.07) is 8.66. The third-order valence-electron chi connectivity index (χ3n) is 11.7. The summed E-state index contributed by atoms with van der Waals surface area (Å²) >= 11 is 0. The van der Waals surface area contributed by atoms with Crippen LogP contribution >= 0.6 is 0 Å². The molecule has 0 aliphatic heterocycles. The Morgan fingerprint density at radius 3 is 0.750 bits per heavy atom. The number of phenolic OH excluding ortho intramolecular Hbond substituents is 2. The number of benzene rings is 2. The fourth-order valence-corrected chi connectivity index (χ4v) is 8.15. The summed E-state index contributed by atoms with van der Waals surface area (Å²) < 4.78 is 0. The fourth-order valence-electron chi connectivity index (χ4n) is 8.15. The van der Waals surface area contributed by atoms with Gasteiger partial charge in [0.25, 0.3) is 0 Å². The van der Waals surface area contributed by atoms with Crippen LogP contribution in [-0.4, -0.2) is 10.2 Å². The van der Waals surface area contributed by atoms with Crippen LogP contribution in [0.3, 0.4) is 0 Å². The lowest BCUT2D eigenvalue weighted by Gasteiger charge is -2.15. The zero-order valence-corrected chi connectivity index (χ0v) is 35.2. The van der Waals surface area contributed by atoms with E-state index in [1.165, 1.54) is 193 Å². The molecule has 0 bridgehead atoms. The van der Waals surface area contributed by atoms with Crippen molar-refractivity contribution >= 4 is 0 Å². The molecule has 2 nitrogen and oxygen atoms in total. The topological polar surface area (TPSA) is 40.5 Å². The van der Waals surface area contributed by atoms with Crippen LogP contribution in [0, 0.1) is 13.8 Å². The average molecular weight is 719 g/mol. The monoisotopic (exact) mass is 719 g/mol. The van der Waals surface area contributed by atoms with E-state index in [1.807, 2.05) is 13.8 Å². The molecule has 0 amide bonds. The Kier molecular flexibility index (Phi) is 27.9. The highest BCUT2D eigenvalue weighted by Crippen LogP contribution is 2.35. The van der Waals surface area contributed by atoms with Crippen molar-refractivity contribution in [1.82, 2.24) is 0 Å². The third kappa shape index (κ3) is 21.7. The lowest BCUT2D eigenvalue weighted by atomic mass is 9.92. The zero-order chi connectivity index (χ0) is 37.5. The van der Waals surface area contributed by atoms with Gasteiger partial charge in [-0.3, -0.25) is 0 Å². The van der Waals surface area contributed by atoms with Crippen LogP contribution in [0.2, 0.25) is 0 Å². The molecule has 2 aromatic rings. The van der Waals surface area contributed by atoms with Crippen molar-refractivity contribution in [3.63, 3.8) is 0 Å². The van der Waals surface area contributed by atoms with Crippen LogP contribution in [-0.2, 0) is 12.8 Å². The van der Waals surface area contributed by atoms with Crippen molar-refractivity contribution < 1.29 is 10.2 Å². The molecule has 0 fully saturated rings. The number of phenols is 2. The molecule has 2 rings (SSSR count). The molecule has 0 spiro atoms. The molecule has 2 heteroatoms. The molecule has 0 saturated heterocycles. The van der Waals surface area contributed by atoms with Crippen LogP contribution in [0.5, 0.6) is 11.5 Å². The van der Waals surface area contributed by atoms with Gasteiger partial charge in [0.15, 0.2) is 0 Å². The summed E-state index contributed by atoms with van der Waals surface area (Å²) in [6.07, 6.45) is 45.9. The van der Waals surface area contributed by atoms with Crippen LogP contribution in [0.4, 0.5) is 0 Å². The number of aromatic hydroxyl groups is 2. The molecule has 0 aliphatic carbocycles. The molecule has 0 aliphatic rings. The van der Waals surface area contributed by atoms with Gasteiger partial charge in [-0.05, 0) is 97.2 Å². The van der Waals surface area contributed by atoms with Crippen molar-refractivity contribution in [2.75, 3.05) is 0 Å². The third-order valence-corrected chi connectivity index (χ3v) is 11.7. The molecule has 0 atom stereocenters. The highest BCUT2D eigenvalue weighted by molar-refractivity contribution is 5.70. The molecule has 0 heterocycles. The standard InChI is InChI=1S/C50H86O2/c1-5-7-9-11-13-15-17-19-21-23-25-27-29-31-33-35-37-45-41-47(39-43(3)49(45)51)48-40-44(4)50(52)46(42-48)38-36-34-32-30-28-26-24-22-20-18-16-14-12-10-8-6-2/h39-42,51-52H,5-38H2,1-4H3. The molecule has 0 radical (unpaired) electrons. The molecule has 2 aromatic carbocycles. The molecule has 0 unspecified atom stereocenters. The van der Waals surface area contributed by atoms with Crippen molar-refractivity contribution in [2.45, 2.75) is 246 Å². The molecule has 298 valence electrons. The molecular formula is C50H86O2. The molecule has 0 aromatic heterocycles. The predicted molar refractivity (Wildman–Crippen MR) is 231 cm³/mol. The summed E-state index contributed by atoms with van der Waals surface area (Å²) in [5.74, 6) is 0.933. The van der Waals surface area contributed by atoms with Gasteiger partial charge in [0.1, 0.15) is 11.5 Å². The van der Waals surface area contributed by atoms with Crippen molar-refractivity contribution in [3.05, 3.63) is 46.5 Å². The van der Waals surface area contributed by atoms with Gasteiger partial charge in [-0.15, -0.1) is 0 Å². The fraction of sp³-hybridized carbons (Fsp3) is 0.760. The van der Waals surface area contributed by atoms with E-state index in [0.717, 1.165) is 59.1 Å². The van der Waals surface area contributed by atoms with Gasteiger partial charge >= 0.3 is 0 Å². The van der Waals surface area contributed by atoms with E-state index in [9.17, 15) is 10.2 Å². The van der Waals surface area contributed by atoms with Gasteiger partial charge < -0.3 is 10.2 Å². The lowest BCUT2D eigenvalue weighted by Crippen LogP contribution is -1.94. The summed E-state index contributed by atoms with van der Waals surface area (Å²) in [4.78, 5) is 0. The van der Waals surface area contributed by atoms with Crippen molar-refractivity contribution in [1.29, 1.82) is 0 Å². The van der Waals surface area contributed by atoms with Gasteiger partial charge in [-0.1, -0.05) is 206 Å². The lowest BCUT2D eigenvalue weighted by molar-refractivity contribution is 0.461. The first-order chi connectivity index (χ1) is 25.5. The normalized spacial score (nSPS) is 11.5. The highest BCUT2D eigenvalue weighted by atomic mass is 16.3. The van der Waals surface area contributed by atoms with Crippen LogP contribution in [0.25, 0.3) is 11.1 Å². The molecule has 52 heavy (non-hydrogen) atoms. The van der Waals surface area contributed by atoms with E-state index in [2.05, 4.69) is 38.1 Å². The van der Waals surface area contributed by atoms with E-state index in [4.69, 9.17) is 0 Å². The van der Waals surface area contributed by atoms with Gasteiger partial charge in [0, 0.05) is 0 Å². The molecule has 2 N–H and O–H groups in total. The van der Waals surface area contributed by atoms with Gasteiger partial charge in [-0.25, -0.2) is 0 Å². The second-order valence-electron chi connectivity index (χ2n) is 16.7. The summed E-state index contributed by atoms with van der Waals surface area (Å²) in [5.41, 5.74) is 6.38. The number of hydrogen-bond acceptors (Lipinski definition) is 2. The van der Waals surface area contributed by atoms with E-state index >= 15 is 0 Å². The summed E-state index contributed by atoms with van der Waals surface area (Å²) in [6.45, 7) is 8.65. The quantitative estimate of drug-likeness (QED) is 0.0697. The van der Waals surface area contributed by atoms with E-state index in [1.54, 1.807) is 0 Å². The van der Waals surface area contributed by atoms with Crippen molar-refractivity contribution in [2.24, 2.45) is 0 Å². The Morgan fingerprint density at radius 2 is 0.519 bits per heavy atom. The predicted octanol–water partition coefficient (Wildman–Crippen LogP) is 17.0. The Balaban J connectivity index is 1.63. The molecule has 0 saturated carbocycles. The summed E-state index contributed by atoms with van der Waals surface area (Å²) in [5, 5.41) is 21.8. The number of rotatable bonds is 35. The van der Waals surface area contributed by atoms with Gasteiger partial charge in [-0.2, -0.15) is 0 Å². The Bertz CT molecular complexity index is 1040. The maximum absolute atomic E-state index is 10.9. The van der Waals surface area contributed by atoms with Crippen LogP contribution in [0.1, 0.15) is 242 Å². The van der Waals surface area contributed by atoms with E-state index < -0.39 is 0 Å². The van der Waals surface area contributed by atoms with Gasteiger partial charge in [0.05, 0.1) is 0 Å². The number of hydrogen-bond donors (Lipinski definition) is 2. The SMILES string of the molecule is CCCCCCCCCCCCCCCCCCc1cc(-c2cc(C)c(O)c(CCCCCCCCCCCCCCCCCC)c2)cc(C)c1O. The maximum atomic E-state index is 10.9. The second kappa shape index (κ2) is 31.4. The highest BCUT2D eigenvalue weighted by Gasteiger charge is 2.13. The Hall–Kier alpha value is -1.96. The van der Waals surface area contributed by atoms with Crippen LogP contribution < -0.4 is 0 Å². The average Bonchev–Trinajstić information content (AvgIpc) is 3.14. The first-order valence-corrected chi connectivity index (χ1v) is 23.1. The Morgan fingerprint density at radius 1 is 0.308 bits per heavy atom. The van der Waals surface area contributed by atoms with Gasteiger partial charge in [0.2, 0.25) is 0 Å². The summed E-state index contributed by atoms with van der Waals surface area (Å²) in [7, 11) is 0. The number of unbranched alkanes of at least 4 members (excludes halogenated alkanes) is 30. The minimum Gasteiger partial charge on any atom is -0.507 e. The first-order valence-electron chi connectivity index (χ1n) is 23.1. The van der Waals surface area contributed by atoms with E-state index in [-0.39, 0.29) is 0 Å². The van der Waals surface area contributed by atoms with E-state index in [0.29, 0.717) is 11.5 Å². The molecular weight excluding hydrogens is 633 g/mol. The van der Waals surface area contributed by atoms with Crippen molar-refractivity contribution in [3.8, 4) is 22.6 Å².